The number of hydrogen-bond acceptors (Lipinski definition) is 5. The van der Waals surface area contributed by atoms with Crippen molar-refractivity contribution >= 4 is 11.9 Å². The molecule has 3 aromatic carbocycles. The van der Waals surface area contributed by atoms with E-state index in [2.05, 4.69) is 5.32 Å². The van der Waals surface area contributed by atoms with E-state index < -0.39 is 24.6 Å². The second-order valence-corrected chi connectivity index (χ2v) is 11.1. The molecule has 0 aliphatic heterocycles. The molecule has 0 bridgehead atoms. The van der Waals surface area contributed by atoms with Crippen molar-refractivity contribution in [1.29, 1.82) is 0 Å². The molecule has 0 aliphatic carbocycles. The molecule has 4 aromatic rings. The third-order valence-corrected chi connectivity index (χ3v) is 7.49. The third kappa shape index (κ3) is 7.92. The molecule has 8 nitrogen and oxygen atoms in total. The van der Waals surface area contributed by atoms with Crippen LogP contribution in [0.15, 0.2) is 78.9 Å². The van der Waals surface area contributed by atoms with Crippen molar-refractivity contribution in [2.75, 3.05) is 7.11 Å². The molecule has 0 fully saturated rings. The number of hydrogen-bond donors (Lipinski definition) is 4. The Labute approximate surface area is 256 Å². The van der Waals surface area contributed by atoms with E-state index in [4.69, 9.17) is 9.84 Å². The fraction of sp³-hybridized carbons (Fsp3) is 0.314. The number of halogens is 1. The Morgan fingerprint density at radius 2 is 1.59 bits per heavy atom. The number of nitrogens with zero attached hydrogens (tertiary/aromatic N) is 1. The van der Waals surface area contributed by atoms with Crippen LogP contribution in [0.4, 0.5) is 4.39 Å². The molecule has 0 saturated heterocycles. The van der Waals surface area contributed by atoms with Crippen LogP contribution in [0.5, 0.6) is 5.75 Å². The van der Waals surface area contributed by atoms with Crippen molar-refractivity contribution in [3.05, 3.63) is 102 Å². The summed E-state index contributed by atoms with van der Waals surface area (Å²) < 4.78 is 21.4. The van der Waals surface area contributed by atoms with Crippen LogP contribution in [0.2, 0.25) is 0 Å². The predicted molar refractivity (Wildman–Crippen MR) is 167 cm³/mol. The highest BCUT2D eigenvalue weighted by atomic mass is 19.1. The van der Waals surface area contributed by atoms with Crippen LogP contribution in [-0.4, -0.2) is 51.1 Å². The molecule has 2 atom stereocenters. The lowest BCUT2D eigenvalue weighted by Crippen LogP contribution is -2.27. The quantitative estimate of drug-likeness (QED) is 0.141. The van der Waals surface area contributed by atoms with Crippen molar-refractivity contribution in [2.24, 2.45) is 0 Å². The van der Waals surface area contributed by atoms with Crippen LogP contribution in [0, 0.1) is 5.82 Å². The first kappa shape index (κ1) is 32.4. The van der Waals surface area contributed by atoms with E-state index in [1.807, 2.05) is 73.0 Å². The number of rotatable bonds is 14. The molecule has 44 heavy (non-hydrogen) atoms. The van der Waals surface area contributed by atoms with Gasteiger partial charge in [0.2, 0.25) is 0 Å². The molecule has 232 valence electrons. The lowest BCUT2D eigenvalue weighted by molar-refractivity contribution is -0.139. The van der Waals surface area contributed by atoms with Gasteiger partial charge >= 0.3 is 5.97 Å². The summed E-state index contributed by atoms with van der Waals surface area (Å²) in [6.07, 6.45) is -2.20. The number of amides is 1. The first-order valence-corrected chi connectivity index (χ1v) is 14.7. The maximum Gasteiger partial charge on any atom is 0.305 e. The van der Waals surface area contributed by atoms with E-state index in [1.54, 1.807) is 19.2 Å². The molecular weight excluding hydrogens is 563 g/mol. The molecule has 1 amide bonds. The van der Waals surface area contributed by atoms with E-state index in [-0.39, 0.29) is 37.2 Å². The van der Waals surface area contributed by atoms with E-state index in [0.717, 1.165) is 22.4 Å². The van der Waals surface area contributed by atoms with Crippen molar-refractivity contribution in [3.8, 4) is 28.0 Å². The van der Waals surface area contributed by atoms with E-state index in [0.29, 0.717) is 29.0 Å². The Hall–Kier alpha value is -4.47. The number of carbonyl (C=O) groups is 2. The monoisotopic (exact) mass is 602 g/mol. The van der Waals surface area contributed by atoms with Crippen LogP contribution < -0.4 is 10.1 Å². The number of aromatic nitrogens is 1. The SMILES string of the molecule is COc1cccc(CNC(=O)c2c(-c3ccccc3)c(-c3ccc(F)cc3)c(CC[C@@H](O)C[C@@H](O)CC(=O)O)n2C(C)C)c1. The zero-order chi connectivity index (χ0) is 31.8. The smallest absolute Gasteiger partial charge is 0.305 e. The largest absolute Gasteiger partial charge is 0.497 e. The van der Waals surface area contributed by atoms with Crippen LogP contribution >= 0.6 is 0 Å². The Morgan fingerprint density at radius 1 is 0.909 bits per heavy atom. The number of carboxylic acid groups (broad SMARTS) is 1. The maximum atomic E-state index is 14.2. The highest BCUT2D eigenvalue weighted by Crippen LogP contribution is 2.42. The highest BCUT2D eigenvalue weighted by Gasteiger charge is 2.30. The molecule has 4 N–H and O–H groups in total. The number of benzene rings is 3. The molecule has 0 unspecified atom stereocenters. The number of aliphatic carboxylic acids is 1. The second kappa shape index (κ2) is 14.8. The lowest BCUT2D eigenvalue weighted by atomic mass is 9.92. The van der Waals surface area contributed by atoms with Crippen LogP contribution in [0.1, 0.15) is 60.9 Å². The molecule has 1 heterocycles. The van der Waals surface area contributed by atoms with Gasteiger partial charge in [0.25, 0.3) is 5.91 Å². The summed E-state index contributed by atoms with van der Waals surface area (Å²) in [4.78, 5) is 25.2. The highest BCUT2D eigenvalue weighted by molar-refractivity contribution is 6.05. The minimum atomic E-state index is -1.19. The number of ether oxygens (including phenoxy) is 1. The second-order valence-electron chi connectivity index (χ2n) is 11.1. The van der Waals surface area contributed by atoms with Gasteiger partial charge in [-0.2, -0.15) is 0 Å². The molecule has 9 heteroatoms. The number of carbonyl (C=O) groups excluding carboxylic acids is 1. The van der Waals surface area contributed by atoms with E-state index in [1.165, 1.54) is 12.1 Å². The third-order valence-electron chi connectivity index (χ3n) is 7.49. The van der Waals surface area contributed by atoms with Crippen LogP contribution in [0.25, 0.3) is 22.3 Å². The van der Waals surface area contributed by atoms with Crippen LogP contribution in [0.3, 0.4) is 0 Å². The zero-order valence-corrected chi connectivity index (χ0v) is 25.2. The standard InChI is InChI=1S/C35H39FN2O6/c1-22(2)38-30(17-16-27(39)19-28(40)20-31(41)42)32(25-12-14-26(36)15-13-25)33(24-9-5-4-6-10-24)34(38)35(43)37-21-23-8-7-11-29(18-23)44-3/h4-15,18,22,27-28,39-40H,16-17,19-21H2,1-3H3,(H,37,43)(H,41,42)/t27-,28-/m1/s1. The molecule has 0 saturated carbocycles. The summed E-state index contributed by atoms with van der Waals surface area (Å²) in [5, 5.41) is 33.0. The van der Waals surface area contributed by atoms with E-state index >= 15 is 0 Å². The van der Waals surface area contributed by atoms with Crippen molar-refractivity contribution in [2.45, 2.75) is 64.3 Å². The predicted octanol–water partition coefficient (Wildman–Crippen LogP) is 6.00. The first-order chi connectivity index (χ1) is 21.1. The molecule has 0 aliphatic rings. The van der Waals surface area contributed by atoms with Gasteiger partial charge in [-0.05, 0) is 74.1 Å². The summed E-state index contributed by atoms with van der Waals surface area (Å²) in [5.41, 5.74) is 5.01. The number of aliphatic hydroxyl groups is 2. The average Bonchev–Trinajstić information content (AvgIpc) is 3.35. The van der Waals surface area contributed by atoms with Gasteiger partial charge in [0, 0.05) is 29.4 Å². The molecule has 1 aromatic heterocycles. The minimum Gasteiger partial charge on any atom is -0.497 e. The van der Waals surface area contributed by atoms with Gasteiger partial charge in [-0.1, -0.05) is 54.6 Å². The molecule has 0 radical (unpaired) electrons. The van der Waals surface area contributed by atoms with Gasteiger partial charge in [-0.15, -0.1) is 0 Å². The van der Waals surface area contributed by atoms with Gasteiger partial charge in [0.05, 0.1) is 25.7 Å². The van der Waals surface area contributed by atoms with Gasteiger partial charge in [0.1, 0.15) is 17.3 Å². The average molecular weight is 603 g/mol. The maximum absolute atomic E-state index is 14.2. The summed E-state index contributed by atoms with van der Waals surface area (Å²) in [6, 6.07) is 22.9. The van der Waals surface area contributed by atoms with Gasteiger partial charge in [0.15, 0.2) is 0 Å². The molecular formula is C35H39FN2O6. The van der Waals surface area contributed by atoms with Crippen molar-refractivity contribution < 1.29 is 34.0 Å². The van der Waals surface area contributed by atoms with Gasteiger partial charge in [-0.3, -0.25) is 9.59 Å². The molecule has 4 rings (SSSR count). The number of aliphatic hydroxyl groups excluding tert-OH is 2. The normalized spacial score (nSPS) is 12.6. The number of nitrogens with one attached hydrogen (secondary N) is 1. The van der Waals surface area contributed by atoms with Crippen molar-refractivity contribution in [1.82, 2.24) is 9.88 Å². The Morgan fingerprint density at radius 3 is 2.23 bits per heavy atom. The molecule has 0 spiro atoms. The van der Waals surface area contributed by atoms with Crippen molar-refractivity contribution in [3.63, 3.8) is 0 Å². The fourth-order valence-electron chi connectivity index (χ4n) is 5.56. The minimum absolute atomic E-state index is 0.0972. The van der Waals surface area contributed by atoms with Gasteiger partial charge < -0.3 is 29.9 Å². The van der Waals surface area contributed by atoms with Gasteiger partial charge in [-0.25, -0.2) is 4.39 Å². The topological polar surface area (TPSA) is 121 Å². The number of methoxy groups -OCH3 is 1. The zero-order valence-electron chi connectivity index (χ0n) is 25.2. The lowest BCUT2D eigenvalue weighted by Gasteiger charge is -2.20. The Bertz CT molecular complexity index is 1570. The number of carboxylic acids is 1. The fourth-order valence-corrected chi connectivity index (χ4v) is 5.56. The van der Waals surface area contributed by atoms with Crippen LogP contribution in [-0.2, 0) is 17.8 Å². The summed E-state index contributed by atoms with van der Waals surface area (Å²) >= 11 is 0. The van der Waals surface area contributed by atoms with E-state index in [9.17, 15) is 24.2 Å². The Kier molecular flexibility index (Phi) is 10.9. The first-order valence-electron chi connectivity index (χ1n) is 14.7. The summed E-state index contributed by atoms with van der Waals surface area (Å²) in [5.74, 6) is -1.15. The summed E-state index contributed by atoms with van der Waals surface area (Å²) in [6.45, 7) is 4.20. The Balaban J connectivity index is 1.84. The summed E-state index contributed by atoms with van der Waals surface area (Å²) in [7, 11) is 1.58.